The molecular formula is C10H13Cl2N3O2S. The summed E-state index contributed by atoms with van der Waals surface area (Å²) in [6.07, 6.45) is 4.30. The maximum absolute atomic E-state index is 12.1. The lowest BCUT2D eigenvalue weighted by Gasteiger charge is -2.26. The van der Waals surface area contributed by atoms with Crippen molar-refractivity contribution in [2.24, 2.45) is 0 Å². The molecule has 1 aromatic rings. The summed E-state index contributed by atoms with van der Waals surface area (Å²) in [6.45, 7) is 1.43. The van der Waals surface area contributed by atoms with Crippen molar-refractivity contribution in [2.45, 2.75) is 24.2 Å². The van der Waals surface area contributed by atoms with E-state index in [4.69, 9.17) is 23.2 Å². The van der Waals surface area contributed by atoms with Crippen molar-refractivity contribution in [3.8, 4) is 0 Å². The second kappa shape index (κ2) is 5.71. The third-order valence-electron chi connectivity index (χ3n) is 2.69. The van der Waals surface area contributed by atoms with Gasteiger partial charge in [-0.2, -0.15) is 0 Å². The zero-order chi connectivity index (χ0) is 13.2. The lowest BCUT2D eigenvalue weighted by atomic mass is 10.2. The highest BCUT2D eigenvalue weighted by Crippen LogP contribution is 2.22. The van der Waals surface area contributed by atoms with E-state index in [0.717, 1.165) is 19.3 Å². The highest BCUT2D eigenvalue weighted by Gasteiger charge is 2.21. The molecule has 18 heavy (non-hydrogen) atoms. The van der Waals surface area contributed by atoms with Crippen LogP contribution in [-0.4, -0.2) is 31.5 Å². The molecule has 0 unspecified atom stereocenters. The van der Waals surface area contributed by atoms with E-state index in [0.29, 0.717) is 13.1 Å². The zero-order valence-electron chi connectivity index (χ0n) is 9.57. The third kappa shape index (κ3) is 3.33. The van der Waals surface area contributed by atoms with E-state index in [1.165, 1.54) is 12.3 Å². The summed E-state index contributed by atoms with van der Waals surface area (Å²) in [5, 5.41) is 1.91. The highest BCUT2D eigenvalue weighted by atomic mass is 35.5. The fourth-order valence-electron chi connectivity index (χ4n) is 1.76. The summed E-state index contributed by atoms with van der Waals surface area (Å²) in [6, 6.07) is 1.29. The van der Waals surface area contributed by atoms with E-state index in [9.17, 15) is 8.42 Å². The number of hydrogen-bond acceptors (Lipinski definition) is 4. The Morgan fingerprint density at radius 1 is 1.22 bits per heavy atom. The first-order chi connectivity index (χ1) is 8.49. The summed E-state index contributed by atoms with van der Waals surface area (Å²) in [7, 11) is -3.63. The molecular weight excluding hydrogens is 297 g/mol. The smallest absolute Gasteiger partial charge is 0.242 e. The molecule has 1 saturated heterocycles. The van der Waals surface area contributed by atoms with Crippen LogP contribution in [0, 0.1) is 0 Å². The van der Waals surface area contributed by atoms with E-state index in [2.05, 4.69) is 9.82 Å². The molecule has 5 nitrogen and oxygen atoms in total. The molecule has 1 aliphatic heterocycles. The van der Waals surface area contributed by atoms with Crippen molar-refractivity contribution >= 4 is 33.2 Å². The van der Waals surface area contributed by atoms with Gasteiger partial charge >= 0.3 is 0 Å². The maximum Gasteiger partial charge on any atom is 0.255 e. The predicted molar refractivity (Wildman–Crippen MR) is 70.0 cm³/mol. The van der Waals surface area contributed by atoms with Crippen LogP contribution in [0.5, 0.6) is 0 Å². The van der Waals surface area contributed by atoms with Gasteiger partial charge in [0.15, 0.2) is 0 Å². The lowest BCUT2D eigenvalue weighted by Crippen LogP contribution is -2.44. The monoisotopic (exact) mass is 309 g/mol. The second-order valence-electron chi connectivity index (χ2n) is 4.09. The van der Waals surface area contributed by atoms with E-state index in [-0.39, 0.29) is 15.1 Å². The maximum atomic E-state index is 12.1. The minimum atomic E-state index is -3.63. The van der Waals surface area contributed by atoms with Crippen LogP contribution in [0.25, 0.3) is 0 Å². The number of halogens is 2. The molecule has 2 heterocycles. The molecule has 0 saturated carbocycles. The predicted octanol–water partition coefficient (Wildman–Crippen LogP) is 2.07. The van der Waals surface area contributed by atoms with Crippen molar-refractivity contribution in [2.75, 3.05) is 13.1 Å². The number of hydrazine groups is 1. The summed E-state index contributed by atoms with van der Waals surface area (Å²) in [5.41, 5.74) is 0. The Bertz CT molecular complexity index is 530. The number of nitrogens with zero attached hydrogens (tertiary/aromatic N) is 2. The number of pyridine rings is 1. The van der Waals surface area contributed by atoms with Crippen LogP contribution in [0.15, 0.2) is 17.2 Å². The van der Waals surface area contributed by atoms with Crippen LogP contribution in [0.4, 0.5) is 0 Å². The molecule has 0 radical (unpaired) electrons. The number of nitrogens with one attached hydrogen (secondary N) is 1. The van der Waals surface area contributed by atoms with Gasteiger partial charge in [0.25, 0.3) is 10.0 Å². The molecule has 0 spiro atoms. The Labute approximate surface area is 116 Å². The van der Waals surface area contributed by atoms with Crippen LogP contribution in [-0.2, 0) is 10.0 Å². The van der Waals surface area contributed by atoms with Crippen LogP contribution < -0.4 is 4.83 Å². The molecule has 0 aliphatic carbocycles. The van der Waals surface area contributed by atoms with Gasteiger partial charge in [-0.05, 0) is 18.9 Å². The summed E-state index contributed by atoms with van der Waals surface area (Å²) < 4.78 is 24.1. The van der Waals surface area contributed by atoms with Gasteiger partial charge in [0.05, 0.1) is 5.02 Å². The Balaban J connectivity index is 2.16. The van der Waals surface area contributed by atoms with Crippen molar-refractivity contribution in [1.29, 1.82) is 0 Å². The van der Waals surface area contributed by atoms with E-state index in [1.54, 1.807) is 5.01 Å². The Morgan fingerprint density at radius 2 is 1.89 bits per heavy atom. The van der Waals surface area contributed by atoms with Crippen LogP contribution in [0.3, 0.4) is 0 Å². The molecule has 1 aromatic heterocycles. The van der Waals surface area contributed by atoms with E-state index in [1.807, 2.05) is 0 Å². The highest BCUT2D eigenvalue weighted by molar-refractivity contribution is 7.89. The van der Waals surface area contributed by atoms with Crippen molar-refractivity contribution < 1.29 is 8.42 Å². The second-order valence-corrected chi connectivity index (χ2v) is 6.51. The molecule has 8 heteroatoms. The molecule has 100 valence electrons. The fraction of sp³-hybridized carbons (Fsp3) is 0.500. The average Bonchev–Trinajstić information content (AvgIpc) is 2.33. The third-order valence-corrected chi connectivity index (χ3v) is 4.72. The van der Waals surface area contributed by atoms with Gasteiger partial charge in [-0.15, -0.1) is 4.83 Å². The van der Waals surface area contributed by atoms with Gasteiger partial charge in [-0.25, -0.2) is 18.4 Å². The quantitative estimate of drug-likeness (QED) is 0.868. The van der Waals surface area contributed by atoms with Crippen LogP contribution >= 0.6 is 23.2 Å². The lowest BCUT2D eigenvalue weighted by molar-refractivity contribution is 0.200. The van der Waals surface area contributed by atoms with Gasteiger partial charge in [-0.3, -0.25) is 0 Å². The number of sulfonamides is 1. The molecule has 2 rings (SSSR count). The summed E-state index contributed by atoms with van der Waals surface area (Å²) >= 11 is 11.4. The molecule has 0 aromatic carbocycles. The van der Waals surface area contributed by atoms with Crippen molar-refractivity contribution in [1.82, 2.24) is 14.8 Å². The number of rotatable bonds is 3. The number of piperidine rings is 1. The molecule has 1 aliphatic rings. The van der Waals surface area contributed by atoms with Crippen molar-refractivity contribution in [3.63, 3.8) is 0 Å². The average molecular weight is 310 g/mol. The largest absolute Gasteiger partial charge is 0.255 e. The summed E-state index contributed by atoms with van der Waals surface area (Å²) in [4.78, 5) is 6.27. The van der Waals surface area contributed by atoms with Crippen LogP contribution in [0.1, 0.15) is 19.3 Å². The molecule has 0 amide bonds. The summed E-state index contributed by atoms with van der Waals surface area (Å²) in [5.74, 6) is 0. The minimum absolute atomic E-state index is 0.0162. The van der Waals surface area contributed by atoms with Gasteiger partial charge in [-0.1, -0.05) is 29.6 Å². The standard InChI is InChI=1S/C10H13Cl2N3O2S/c11-9-6-8(7-13-10(9)12)18(16,17)14-15-4-2-1-3-5-15/h6-7,14H,1-5H2. The topological polar surface area (TPSA) is 62.3 Å². The zero-order valence-corrected chi connectivity index (χ0v) is 11.9. The SMILES string of the molecule is O=S(=O)(NN1CCCCC1)c1cnc(Cl)c(Cl)c1. The Hall–Kier alpha value is -0.400. The van der Waals surface area contributed by atoms with Gasteiger partial charge in [0.2, 0.25) is 0 Å². The van der Waals surface area contributed by atoms with Gasteiger partial charge in [0.1, 0.15) is 10.0 Å². The number of hydrogen-bond donors (Lipinski definition) is 1. The normalized spacial score (nSPS) is 17.9. The van der Waals surface area contributed by atoms with Crippen LogP contribution in [0.2, 0.25) is 10.2 Å². The minimum Gasteiger partial charge on any atom is -0.242 e. The molecule has 1 N–H and O–H groups in total. The number of aromatic nitrogens is 1. The first kappa shape index (κ1) is 14.0. The Morgan fingerprint density at radius 3 is 2.50 bits per heavy atom. The van der Waals surface area contributed by atoms with Gasteiger partial charge < -0.3 is 0 Å². The van der Waals surface area contributed by atoms with Crippen molar-refractivity contribution in [3.05, 3.63) is 22.4 Å². The van der Waals surface area contributed by atoms with Gasteiger partial charge in [0, 0.05) is 19.3 Å². The first-order valence-corrected chi connectivity index (χ1v) is 7.81. The molecule has 1 fully saturated rings. The molecule has 0 bridgehead atoms. The fourth-order valence-corrected chi connectivity index (χ4v) is 3.19. The van der Waals surface area contributed by atoms with E-state index >= 15 is 0 Å². The molecule has 0 atom stereocenters. The van der Waals surface area contributed by atoms with E-state index < -0.39 is 10.0 Å². The Kier molecular flexibility index (Phi) is 4.45. The first-order valence-electron chi connectivity index (χ1n) is 5.57.